The summed E-state index contributed by atoms with van der Waals surface area (Å²) in [4.78, 5) is 5.02. The SMILES string of the molecule is C1=Cc2nc3ccccc3cc2C(c2cccc3ccc4c5ccc6ccccc6c5ccc4c23)C1. The molecule has 0 fully saturated rings. The topological polar surface area (TPSA) is 12.9 Å². The Balaban J connectivity index is 1.43. The number of nitrogens with zero attached hydrogens (tertiary/aromatic N) is 1. The minimum absolute atomic E-state index is 0.281. The summed E-state index contributed by atoms with van der Waals surface area (Å²) in [6.45, 7) is 0. The van der Waals surface area contributed by atoms with Gasteiger partial charge >= 0.3 is 0 Å². The Bertz CT molecular complexity index is 2030. The van der Waals surface area contributed by atoms with Crippen molar-refractivity contribution in [1.29, 1.82) is 0 Å². The Morgan fingerprint density at radius 1 is 0.528 bits per heavy atom. The fraction of sp³-hybridized carbons (Fsp3) is 0.0571. The van der Waals surface area contributed by atoms with Crippen molar-refractivity contribution < 1.29 is 0 Å². The predicted octanol–water partition coefficient (Wildman–Crippen LogP) is 9.40. The van der Waals surface area contributed by atoms with Gasteiger partial charge in [-0.1, -0.05) is 103 Å². The Morgan fingerprint density at radius 3 is 2.17 bits per heavy atom. The molecule has 168 valence electrons. The summed E-state index contributed by atoms with van der Waals surface area (Å²) in [5.74, 6) is 0.281. The first-order valence-corrected chi connectivity index (χ1v) is 12.7. The lowest BCUT2D eigenvalue weighted by atomic mass is 9.80. The van der Waals surface area contributed by atoms with Crippen LogP contribution in [0.4, 0.5) is 0 Å². The van der Waals surface area contributed by atoms with E-state index in [9.17, 15) is 0 Å². The van der Waals surface area contributed by atoms with Gasteiger partial charge in [0.2, 0.25) is 0 Å². The molecule has 1 unspecified atom stereocenters. The molecule has 1 heterocycles. The van der Waals surface area contributed by atoms with Crippen molar-refractivity contribution in [1.82, 2.24) is 4.98 Å². The normalized spacial score (nSPS) is 15.3. The van der Waals surface area contributed by atoms with Gasteiger partial charge in [-0.2, -0.15) is 0 Å². The number of allylic oxidation sites excluding steroid dienone is 1. The molecule has 36 heavy (non-hydrogen) atoms. The second kappa shape index (κ2) is 7.50. The van der Waals surface area contributed by atoms with Gasteiger partial charge in [-0.05, 0) is 78.8 Å². The van der Waals surface area contributed by atoms with Gasteiger partial charge in [-0.25, -0.2) is 4.98 Å². The number of para-hydroxylation sites is 1. The number of pyridine rings is 1. The summed E-state index contributed by atoms with van der Waals surface area (Å²) in [6, 6.07) is 40.1. The number of fused-ring (bicyclic) bond motifs is 9. The molecule has 0 amide bonds. The van der Waals surface area contributed by atoms with Crippen LogP contribution in [-0.4, -0.2) is 4.98 Å². The van der Waals surface area contributed by atoms with E-state index in [2.05, 4.69) is 121 Å². The zero-order valence-corrected chi connectivity index (χ0v) is 19.8. The van der Waals surface area contributed by atoms with E-state index in [0.717, 1.165) is 17.6 Å². The van der Waals surface area contributed by atoms with Crippen molar-refractivity contribution in [3.63, 3.8) is 0 Å². The minimum Gasteiger partial charge on any atom is -0.248 e. The summed E-state index contributed by atoms with van der Waals surface area (Å²) < 4.78 is 0. The van der Waals surface area contributed by atoms with E-state index in [1.165, 1.54) is 59.6 Å². The van der Waals surface area contributed by atoms with E-state index in [0.29, 0.717) is 0 Å². The van der Waals surface area contributed by atoms with E-state index < -0.39 is 0 Å². The molecule has 8 rings (SSSR count). The maximum atomic E-state index is 5.02. The Labute approximate surface area is 209 Å². The number of hydrogen-bond acceptors (Lipinski definition) is 1. The van der Waals surface area contributed by atoms with Crippen LogP contribution in [0.5, 0.6) is 0 Å². The molecule has 1 aliphatic carbocycles. The first-order chi connectivity index (χ1) is 17.8. The predicted molar refractivity (Wildman–Crippen MR) is 154 cm³/mol. The number of aromatic nitrogens is 1. The van der Waals surface area contributed by atoms with Crippen LogP contribution in [0.3, 0.4) is 0 Å². The molecule has 1 aliphatic rings. The zero-order valence-electron chi connectivity index (χ0n) is 19.8. The third kappa shape index (κ3) is 2.80. The van der Waals surface area contributed by atoms with Crippen molar-refractivity contribution >= 4 is 60.1 Å². The average molecular weight is 458 g/mol. The van der Waals surface area contributed by atoms with E-state index in [1.807, 2.05) is 0 Å². The molecule has 1 nitrogen and oxygen atoms in total. The molecular weight excluding hydrogens is 434 g/mol. The molecule has 0 N–H and O–H groups in total. The fourth-order valence-electron chi connectivity index (χ4n) is 6.31. The van der Waals surface area contributed by atoms with Gasteiger partial charge in [0.1, 0.15) is 0 Å². The zero-order chi connectivity index (χ0) is 23.6. The smallest absolute Gasteiger partial charge is 0.0709 e. The Morgan fingerprint density at radius 2 is 1.22 bits per heavy atom. The first kappa shape index (κ1) is 19.8. The van der Waals surface area contributed by atoms with Crippen molar-refractivity contribution in [2.45, 2.75) is 12.3 Å². The molecule has 7 aromatic rings. The van der Waals surface area contributed by atoms with E-state index in [1.54, 1.807) is 0 Å². The molecule has 1 aromatic heterocycles. The molecule has 0 saturated heterocycles. The summed E-state index contributed by atoms with van der Waals surface area (Å²) in [6.07, 6.45) is 5.47. The summed E-state index contributed by atoms with van der Waals surface area (Å²) in [5, 5.41) is 11.8. The third-order valence-corrected chi connectivity index (χ3v) is 7.98. The molecule has 6 aromatic carbocycles. The van der Waals surface area contributed by atoms with Crippen LogP contribution < -0.4 is 0 Å². The Hall–Kier alpha value is -4.49. The molecule has 0 radical (unpaired) electrons. The van der Waals surface area contributed by atoms with E-state index in [4.69, 9.17) is 4.98 Å². The van der Waals surface area contributed by atoms with Crippen LogP contribution in [0.1, 0.15) is 29.2 Å². The van der Waals surface area contributed by atoms with Gasteiger partial charge < -0.3 is 0 Å². The molecular formula is C35H23N. The lowest BCUT2D eigenvalue weighted by Gasteiger charge is -2.24. The fourth-order valence-corrected chi connectivity index (χ4v) is 6.31. The Kier molecular flexibility index (Phi) is 4.12. The van der Waals surface area contributed by atoms with Crippen molar-refractivity contribution in [2.75, 3.05) is 0 Å². The highest BCUT2D eigenvalue weighted by atomic mass is 14.7. The maximum absolute atomic E-state index is 5.02. The van der Waals surface area contributed by atoms with Gasteiger partial charge in [0.15, 0.2) is 0 Å². The van der Waals surface area contributed by atoms with Crippen LogP contribution in [0.2, 0.25) is 0 Å². The minimum atomic E-state index is 0.281. The highest BCUT2D eigenvalue weighted by Gasteiger charge is 2.23. The molecule has 0 spiro atoms. The lowest BCUT2D eigenvalue weighted by molar-refractivity contribution is 0.821. The summed E-state index contributed by atoms with van der Waals surface area (Å²) in [7, 11) is 0. The quantitative estimate of drug-likeness (QED) is 0.224. The highest BCUT2D eigenvalue weighted by Crippen LogP contribution is 2.42. The standard InChI is InChI=1S/C35H23N/c1-3-10-25-22(7-1)15-17-28-27(25)19-20-31-29(28)18-16-23-9-5-12-30(35(23)31)26-11-6-14-34-32(26)21-24-8-2-4-13-33(24)36-34/h1-10,12-21,26H,11H2. The maximum Gasteiger partial charge on any atom is 0.0709 e. The van der Waals surface area contributed by atoms with Crippen LogP contribution in [0.25, 0.3) is 60.1 Å². The average Bonchev–Trinajstić information content (AvgIpc) is 2.94. The monoisotopic (exact) mass is 457 g/mol. The van der Waals surface area contributed by atoms with Gasteiger partial charge in [0.05, 0.1) is 11.2 Å². The van der Waals surface area contributed by atoms with Gasteiger partial charge in [0, 0.05) is 11.3 Å². The second-order valence-corrected chi connectivity index (χ2v) is 9.90. The van der Waals surface area contributed by atoms with Crippen LogP contribution in [-0.2, 0) is 0 Å². The van der Waals surface area contributed by atoms with Crippen molar-refractivity contribution in [3.05, 3.63) is 132 Å². The number of rotatable bonds is 1. The van der Waals surface area contributed by atoms with Crippen LogP contribution >= 0.6 is 0 Å². The lowest BCUT2D eigenvalue weighted by Crippen LogP contribution is -2.08. The van der Waals surface area contributed by atoms with Gasteiger partial charge in [0.25, 0.3) is 0 Å². The van der Waals surface area contributed by atoms with Crippen LogP contribution in [0, 0.1) is 0 Å². The highest BCUT2D eigenvalue weighted by molar-refractivity contribution is 6.22. The summed E-state index contributed by atoms with van der Waals surface area (Å²) >= 11 is 0. The number of hydrogen-bond donors (Lipinski definition) is 0. The first-order valence-electron chi connectivity index (χ1n) is 12.7. The van der Waals surface area contributed by atoms with Gasteiger partial charge in [-0.3, -0.25) is 0 Å². The third-order valence-electron chi connectivity index (χ3n) is 7.98. The number of benzene rings is 6. The second-order valence-electron chi connectivity index (χ2n) is 9.90. The molecule has 0 aliphatic heterocycles. The molecule has 1 heteroatoms. The van der Waals surface area contributed by atoms with Crippen molar-refractivity contribution in [2.24, 2.45) is 0 Å². The molecule has 1 atom stereocenters. The molecule has 0 bridgehead atoms. The largest absolute Gasteiger partial charge is 0.248 e. The van der Waals surface area contributed by atoms with Crippen LogP contribution in [0.15, 0.2) is 115 Å². The summed E-state index contributed by atoms with van der Waals surface area (Å²) in [5.41, 5.74) is 4.87. The van der Waals surface area contributed by atoms with E-state index in [-0.39, 0.29) is 5.92 Å². The van der Waals surface area contributed by atoms with Gasteiger partial charge in [-0.15, -0.1) is 0 Å². The van der Waals surface area contributed by atoms with E-state index >= 15 is 0 Å². The van der Waals surface area contributed by atoms with Crippen molar-refractivity contribution in [3.8, 4) is 0 Å². The molecule has 0 saturated carbocycles.